The predicted molar refractivity (Wildman–Crippen MR) is 71.4 cm³/mol. The first-order chi connectivity index (χ1) is 9.18. The molecule has 0 radical (unpaired) electrons. The molecule has 0 rings (SSSR count). The lowest BCUT2D eigenvalue weighted by atomic mass is 10.0. The maximum absolute atomic E-state index is 12.0. The SMILES string of the molecule is CC(=O)N[C@@H](C(=O)N[C@@H](C[C@H](C)C#N)C(=O)O)C(C)C. The first kappa shape index (κ1) is 17.9. The Bertz CT molecular complexity index is 414. The summed E-state index contributed by atoms with van der Waals surface area (Å²) in [5.41, 5.74) is 0. The van der Waals surface area contributed by atoms with Gasteiger partial charge in [0.1, 0.15) is 12.1 Å². The van der Waals surface area contributed by atoms with Gasteiger partial charge < -0.3 is 15.7 Å². The van der Waals surface area contributed by atoms with Gasteiger partial charge in [0, 0.05) is 12.8 Å². The highest BCUT2D eigenvalue weighted by atomic mass is 16.4. The Hall–Kier alpha value is -2.10. The molecular weight excluding hydrogens is 262 g/mol. The average molecular weight is 283 g/mol. The number of rotatable bonds is 7. The van der Waals surface area contributed by atoms with Crippen molar-refractivity contribution in [3.05, 3.63) is 0 Å². The van der Waals surface area contributed by atoms with Crippen LogP contribution < -0.4 is 10.6 Å². The maximum Gasteiger partial charge on any atom is 0.326 e. The summed E-state index contributed by atoms with van der Waals surface area (Å²) >= 11 is 0. The van der Waals surface area contributed by atoms with Gasteiger partial charge in [-0.2, -0.15) is 5.26 Å². The Labute approximate surface area is 118 Å². The number of nitriles is 1. The molecule has 0 aliphatic rings. The lowest BCUT2D eigenvalue weighted by molar-refractivity contribution is -0.142. The van der Waals surface area contributed by atoms with Crippen LogP contribution in [-0.2, 0) is 14.4 Å². The number of carbonyl (C=O) groups excluding carboxylic acids is 2. The summed E-state index contributed by atoms with van der Waals surface area (Å²) in [6.07, 6.45) is 0.0163. The molecule has 0 unspecified atom stereocenters. The molecule has 0 aliphatic heterocycles. The van der Waals surface area contributed by atoms with Crippen molar-refractivity contribution in [2.75, 3.05) is 0 Å². The number of carbonyl (C=O) groups is 3. The Morgan fingerprint density at radius 1 is 1.20 bits per heavy atom. The molecule has 0 fully saturated rings. The fraction of sp³-hybridized carbons (Fsp3) is 0.692. The zero-order chi connectivity index (χ0) is 15.9. The van der Waals surface area contributed by atoms with Crippen LogP contribution in [0.15, 0.2) is 0 Å². The van der Waals surface area contributed by atoms with Gasteiger partial charge in [0.2, 0.25) is 11.8 Å². The van der Waals surface area contributed by atoms with E-state index in [4.69, 9.17) is 10.4 Å². The van der Waals surface area contributed by atoms with E-state index in [2.05, 4.69) is 10.6 Å². The van der Waals surface area contributed by atoms with Crippen LogP contribution in [0.1, 0.15) is 34.1 Å². The molecule has 112 valence electrons. The Kier molecular flexibility index (Phi) is 7.29. The molecule has 3 atom stereocenters. The molecule has 0 aromatic heterocycles. The summed E-state index contributed by atoms with van der Waals surface area (Å²) in [6, 6.07) is -0.0221. The molecule has 3 N–H and O–H groups in total. The number of hydrogen-bond acceptors (Lipinski definition) is 4. The second kappa shape index (κ2) is 8.15. The van der Waals surface area contributed by atoms with Crippen molar-refractivity contribution in [1.29, 1.82) is 5.26 Å². The molecular formula is C13H21N3O4. The first-order valence-corrected chi connectivity index (χ1v) is 6.38. The van der Waals surface area contributed by atoms with Crippen LogP contribution in [0.25, 0.3) is 0 Å². The number of aliphatic carboxylic acids is 1. The van der Waals surface area contributed by atoms with Crippen LogP contribution in [-0.4, -0.2) is 35.0 Å². The summed E-state index contributed by atoms with van der Waals surface area (Å²) in [7, 11) is 0. The van der Waals surface area contributed by atoms with Crippen LogP contribution in [0, 0.1) is 23.2 Å². The molecule has 2 amide bonds. The first-order valence-electron chi connectivity index (χ1n) is 6.38. The van der Waals surface area contributed by atoms with Gasteiger partial charge in [-0.3, -0.25) is 9.59 Å². The normalized spacial score (nSPS) is 14.8. The third-order valence-corrected chi connectivity index (χ3v) is 2.73. The number of amides is 2. The van der Waals surface area contributed by atoms with Crippen molar-refractivity contribution in [3.63, 3.8) is 0 Å². The van der Waals surface area contributed by atoms with Crippen molar-refractivity contribution >= 4 is 17.8 Å². The van der Waals surface area contributed by atoms with Gasteiger partial charge in [0.15, 0.2) is 0 Å². The highest BCUT2D eigenvalue weighted by Crippen LogP contribution is 2.07. The van der Waals surface area contributed by atoms with Gasteiger partial charge in [0.25, 0.3) is 0 Å². The highest BCUT2D eigenvalue weighted by Gasteiger charge is 2.28. The van der Waals surface area contributed by atoms with Gasteiger partial charge in [-0.25, -0.2) is 4.79 Å². The molecule has 20 heavy (non-hydrogen) atoms. The summed E-state index contributed by atoms with van der Waals surface area (Å²) in [4.78, 5) is 34.2. The van der Waals surface area contributed by atoms with Gasteiger partial charge in [-0.1, -0.05) is 13.8 Å². The standard InChI is InChI=1S/C13H21N3O4/c1-7(2)11(15-9(4)17)12(18)16-10(13(19)20)5-8(3)6-14/h7-8,10-11H,5H2,1-4H3,(H,15,17)(H,16,18)(H,19,20)/t8-,10-,11+/m0/s1. The third-order valence-electron chi connectivity index (χ3n) is 2.73. The molecule has 0 heterocycles. The van der Waals surface area contributed by atoms with Crippen molar-refractivity contribution in [3.8, 4) is 6.07 Å². The maximum atomic E-state index is 12.0. The van der Waals surface area contributed by atoms with Crippen LogP contribution in [0.3, 0.4) is 0 Å². The minimum Gasteiger partial charge on any atom is -0.480 e. The Balaban J connectivity index is 4.84. The van der Waals surface area contributed by atoms with E-state index in [9.17, 15) is 14.4 Å². The molecule has 0 aliphatic carbocycles. The van der Waals surface area contributed by atoms with Gasteiger partial charge in [-0.15, -0.1) is 0 Å². The van der Waals surface area contributed by atoms with Gasteiger partial charge in [0.05, 0.1) is 6.07 Å². The van der Waals surface area contributed by atoms with Crippen LogP contribution in [0.2, 0.25) is 0 Å². The van der Waals surface area contributed by atoms with Crippen molar-refractivity contribution in [2.45, 2.75) is 46.2 Å². The van der Waals surface area contributed by atoms with Crippen molar-refractivity contribution in [1.82, 2.24) is 10.6 Å². The number of hydrogen-bond donors (Lipinski definition) is 3. The number of carboxylic acid groups (broad SMARTS) is 1. The Morgan fingerprint density at radius 3 is 2.10 bits per heavy atom. The quantitative estimate of drug-likeness (QED) is 0.619. The minimum atomic E-state index is -1.20. The second-order valence-corrected chi connectivity index (χ2v) is 5.09. The van der Waals surface area contributed by atoms with Gasteiger partial charge >= 0.3 is 5.97 Å². The van der Waals surface area contributed by atoms with E-state index < -0.39 is 29.9 Å². The third kappa shape index (κ3) is 6.18. The fourth-order valence-electron chi connectivity index (χ4n) is 1.64. The van der Waals surface area contributed by atoms with E-state index in [0.29, 0.717) is 0 Å². The summed E-state index contributed by atoms with van der Waals surface area (Å²) in [5, 5.41) is 22.6. The molecule has 0 spiro atoms. The number of nitrogens with one attached hydrogen (secondary N) is 2. The van der Waals surface area contributed by atoms with Crippen LogP contribution in [0.4, 0.5) is 0 Å². The number of carboxylic acids is 1. The van der Waals surface area contributed by atoms with Crippen LogP contribution >= 0.6 is 0 Å². The smallest absolute Gasteiger partial charge is 0.326 e. The lowest BCUT2D eigenvalue weighted by Gasteiger charge is -2.23. The summed E-state index contributed by atoms with van der Waals surface area (Å²) in [6.45, 7) is 6.35. The number of nitrogens with zero attached hydrogens (tertiary/aromatic N) is 1. The summed E-state index contributed by atoms with van der Waals surface area (Å²) < 4.78 is 0. The van der Waals surface area contributed by atoms with Crippen molar-refractivity contribution < 1.29 is 19.5 Å². The average Bonchev–Trinajstić information content (AvgIpc) is 2.33. The molecule has 0 saturated heterocycles. The molecule has 0 aromatic rings. The zero-order valence-electron chi connectivity index (χ0n) is 12.1. The largest absolute Gasteiger partial charge is 0.480 e. The molecule has 7 nitrogen and oxygen atoms in total. The molecule has 0 saturated carbocycles. The van der Waals surface area contributed by atoms with Crippen LogP contribution in [0.5, 0.6) is 0 Å². The van der Waals surface area contributed by atoms with Crippen molar-refractivity contribution in [2.24, 2.45) is 11.8 Å². The van der Waals surface area contributed by atoms with E-state index in [1.807, 2.05) is 6.07 Å². The zero-order valence-corrected chi connectivity index (χ0v) is 12.1. The molecule has 0 bridgehead atoms. The minimum absolute atomic E-state index is 0.0163. The fourth-order valence-corrected chi connectivity index (χ4v) is 1.64. The van der Waals surface area contributed by atoms with E-state index in [1.165, 1.54) is 6.92 Å². The van der Waals surface area contributed by atoms with E-state index in [1.54, 1.807) is 20.8 Å². The summed E-state index contributed by atoms with van der Waals surface area (Å²) in [5.74, 6) is -2.80. The molecule has 0 aromatic carbocycles. The van der Waals surface area contributed by atoms with E-state index in [0.717, 1.165) is 0 Å². The second-order valence-electron chi connectivity index (χ2n) is 5.09. The topological polar surface area (TPSA) is 119 Å². The Morgan fingerprint density at radius 2 is 1.75 bits per heavy atom. The predicted octanol–water partition coefficient (Wildman–Crippen LogP) is 0.266. The van der Waals surface area contributed by atoms with Gasteiger partial charge in [-0.05, 0) is 19.3 Å². The monoisotopic (exact) mass is 283 g/mol. The van der Waals surface area contributed by atoms with E-state index >= 15 is 0 Å². The molecule has 7 heteroatoms. The highest BCUT2D eigenvalue weighted by molar-refractivity contribution is 5.90. The van der Waals surface area contributed by atoms with E-state index in [-0.39, 0.29) is 18.2 Å². The lowest BCUT2D eigenvalue weighted by Crippen LogP contribution is -2.53.